The van der Waals surface area contributed by atoms with Crippen molar-refractivity contribution in [3.05, 3.63) is 33.4 Å². The quantitative estimate of drug-likeness (QED) is 0.782. The summed E-state index contributed by atoms with van der Waals surface area (Å²) < 4.78 is 0. The van der Waals surface area contributed by atoms with Crippen LogP contribution in [0.25, 0.3) is 0 Å². The van der Waals surface area contributed by atoms with Crippen LogP contribution in [0.5, 0.6) is 0 Å². The Kier molecular flexibility index (Phi) is 4.28. The molecule has 0 aromatic carbocycles. The van der Waals surface area contributed by atoms with Crippen LogP contribution in [0.3, 0.4) is 0 Å². The fourth-order valence-electron chi connectivity index (χ4n) is 3.81. The van der Waals surface area contributed by atoms with E-state index in [0.717, 1.165) is 5.69 Å². The average molecular weight is 390 g/mol. The van der Waals surface area contributed by atoms with Crippen LogP contribution in [-0.2, 0) is 9.59 Å². The van der Waals surface area contributed by atoms with Gasteiger partial charge in [0.25, 0.3) is 5.91 Å². The summed E-state index contributed by atoms with van der Waals surface area (Å²) in [7, 11) is 0. The molecule has 0 saturated carbocycles. The number of anilines is 1. The van der Waals surface area contributed by atoms with E-state index in [1.165, 1.54) is 29.6 Å². The standard InChI is InChI=1S/C17H18N4O3S2/c1-12(22)21-6-15(23)20(13-2-5-25-7-13)10-17(21)3-4-19(9-17)16(24)14-8-26-11-18-14/h2,5,7-8,11H,3-4,6,9-10H2,1H3/t17-/m0/s1. The molecule has 0 radical (unpaired) electrons. The van der Waals surface area contributed by atoms with Crippen LogP contribution in [0.2, 0.25) is 0 Å². The first kappa shape index (κ1) is 17.2. The van der Waals surface area contributed by atoms with Crippen molar-refractivity contribution in [3.63, 3.8) is 0 Å². The number of rotatable bonds is 2. The van der Waals surface area contributed by atoms with Crippen molar-refractivity contribution in [1.29, 1.82) is 0 Å². The van der Waals surface area contributed by atoms with E-state index in [1.807, 2.05) is 16.8 Å². The van der Waals surface area contributed by atoms with Crippen LogP contribution in [0, 0.1) is 0 Å². The minimum atomic E-state index is -0.548. The van der Waals surface area contributed by atoms with Crippen molar-refractivity contribution in [2.75, 3.05) is 31.1 Å². The molecule has 0 N–H and O–H groups in total. The third kappa shape index (κ3) is 2.80. The SMILES string of the molecule is CC(=O)N1CC(=O)N(c2ccsc2)C[C@@]12CCN(C(=O)c1cscn1)C2. The van der Waals surface area contributed by atoms with Gasteiger partial charge in [-0.15, -0.1) is 11.3 Å². The van der Waals surface area contributed by atoms with Gasteiger partial charge in [-0.1, -0.05) is 0 Å². The van der Waals surface area contributed by atoms with E-state index >= 15 is 0 Å². The smallest absolute Gasteiger partial charge is 0.273 e. The number of thiophene rings is 1. The lowest BCUT2D eigenvalue weighted by Gasteiger charge is -2.47. The van der Waals surface area contributed by atoms with Crippen LogP contribution in [0.4, 0.5) is 5.69 Å². The fourth-order valence-corrected chi connectivity index (χ4v) is 4.97. The van der Waals surface area contributed by atoms with Crippen molar-refractivity contribution in [2.45, 2.75) is 18.9 Å². The number of thiazole rings is 1. The lowest BCUT2D eigenvalue weighted by atomic mass is 9.92. The molecule has 2 fully saturated rings. The van der Waals surface area contributed by atoms with Gasteiger partial charge in [0.2, 0.25) is 11.8 Å². The Morgan fingerprint density at radius 2 is 2.08 bits per heavy atom. The van der Waals surface area contributed by atoms with Crippen LogP contribution in [-0.4, -0.2) is 64.2 Å². The Hall–Kier alpha value is -2.26. The Morgan fingerprint density at radius 1 is 1.23 bits per heavy atom. The van der Waals surface area contributed by atoms with Crippen molar-refractivity contribution < 1.29 is 14.4 Å². The molecule has 2 aliphatic heterocycles. The predicted molar refractivity (Wildman–Crippen MR) is 99.4 cm³/mol. The van der Waals surface area contributed by atoms with Gasteiger partial charge in [-0.05, 0) is 17.9 Å². The molecular weight excluding hydrogens is 372 g/mol. The molecule has 3 amide bonds. The second kappa shape index (κ2) is 6.48. The molecule has 2 aromatic heterocycles. The molecular formula is C17H18N4O3S2. The summed E-state index contributed by atoms with van der Waals surface area (Å²) >= 11 is 2.91. The highest BCUT2D eigenvalue weighted by atomic mass is 32.1. The van der Waals surface area contributed by atoms with Crippen LogP contribution < -0.4 is 4.90 Å². The predicted octanol–water partition coefficient (Wildman–Crippen LogP) is 1.68. The average Bonchev–Trinajstić information content (AvgIpc) is 3.38. The second-order valence-corrected chi connectivity index (χ2v) is 8.14. The monoisotopic (exact) mass is 390 g/mol. The van der Waals surface area contributed by atoms with Crippen LogP contribution in [0.15, 0.2) is 27.7 Å². The number of hydrogen-bond acceptors (Lipinski definition) is 6. The topological polar surface area (TPSA) is 73.8 Å². The molecule has 0 unspecified atom stereocenters. The van der Waals surface area contributed by atoms with Crippen molar-refractivity contribution in [3.8, 4) is 0 Å². The molecule has 26 heavy (non-hydrogen) atoms. The maximum Gasteiger partial charge on any atom is 0.273 e. The van der Waals surface area contributed by atoms with Crippen LogP contribution >= 0.6 is 22.7 Å². The minimum absolute atomic E-state index is 0.0455. The van der Waals surface area contributed by atoms with Gasteiger partial charge < -0.3 is 14.7 Å². The molecule has 2 saturated heterocycles. The molecule has 4 rings (SSSR count). The summed E-state index contributed by atoms with van der Waals surface area (Å²) in [5, 5.41) is 5.60. The number of piperazine rings is 1. The zero-order valence-electron chi connectivity index (χ0n) is 14.3. The van der Waals surface area contributed by atoms with Gasteiger partial charge in [-0.2, -0.15) is 11.3 Å². The summed E-state index contributed by atoms with van der Waals surface area (Å²) in [6, 6.07) is 1.91. The molecule has 2 aromatic rings. The van der Waals surface area contributed by atoms with E-state index in [4.69, 9.17) is 0 Å². The van der Waals surface area contributed by atoms with Crippen molar-refractivity contribution in [2.24, 2.45) is 0 Å². The lowest BCUT2D eigenvalue weighted by molar-refractivity contribution is -0.142. The first-order valence-electron chi connectivity index (χ1n) is 8.28. The second-order valence-electron chi connectivity index (χ2n) is 6.64. The molecule has 9 heteroatoms. The highest BCUT2D eigenvalue weighted by Crippen LogP contribution is 2.35. The number of likely N-dealkylation sites (tertiary alicyclic amines) is 1. The van der Waals surface area contributed by atoms with Gasteiger partial charge in [-0.25, -0.2) is 4.98 Å². The number of nitrogens with zero attached hydrogens (tertiary/aromatic N) is 4. The number of hydrogen-bond donors (Lipinski definition) is 0. The molecule has 0 aliphatic carbocycles. The normalized spacial score (nSPS) is 23.1. The maximum atomic E-state index is 12.7. The Balaban J connectivity index is 1.62. The largest absolute Gasteiger partial charge is 0.335 e. The van der Waals surface area contributed by atoms with Gasteiger partial charge in [0, 0.05) is 30.8 Å². The van der Waals surface area contributed by atoms with Crippen molar-refractivity contribution >= 4 is 46.1 Å². The van der Waals surface area contributed by atoms with Gasteiger partial charge in [0.1, 0.15) is 12.2 Å². The lowest BCUT2D eigenvalue weighted by Crippen LogP contribution is -2.67. The molecule has 4 heterocycles. The molecule has 2 aliphatic rings. The Morgan fingerprint density at radius 3 is 2.73 bits per heavy atom. The minimum Gasteiger partial charge on any atom is -0.335 e. The van der Waals surface area contributed by atoms with E-state index in [1.54, 1.807) is 25.6 Å². The van der Waals surface area contributed by atoms with Gasteiger partial charge in [0.05, 0.1) is 23.3 Å². The number of carbonyl (C=O) groups excluding carboxylic acids is 3. The Bertz CT molecular complexity index is 836. The molecule has 136 valence electrons. The van der Waals surface area contributed by atoms with E-state index in [-0.39, 0.29) is 24.3 Å². The summed E-state index contributed by atoms with van der Waals surface area (Å²) in [5.74, 6) is -0.342. The number of carbonyl (C=O) groups is 3. The first-order valence-corrected chi connectivity index (χ1v) is 10.2. The number of aromatic nitrogens is 1. The summed E-state index contributed by atoms with van der Waals surface area (Å²) in [6.07, 6.45) is 0.649. The summed E-state index contributed by atoms with van der Waals surface area (Å²) in [5.41, 5.74) is 2.38. The third-order valence-electron chi connectivity index (χ3n) is 5.09. The van der Waals surface area contributed by atoms with Gasteiger partial charge >= 0.3 is 0 Å². The van der Waals surface area contributed by atoms with Crippen LogP contribution in [0.1, 0.15) is 23.8 Å². The zero-order valence-corrected chi connectivity index (χ0v) is 15.9. The molecule has 1 spiro atoms. The molecule has 7 nitrogen and oxygen atoms in total. The van der Waals surface area contributed by atoms with E-state index < -0.39 is 5.54 Å². The Labute approximate surface area is 158 Å². The van der Waals surface area contributed by atoms with E-state index in [9.17, 15) is 14.4 Å². The molecule has 1 atom stereocenters. The third-order valence-corrected chi connectivity index (χ3v) is 6.35. The maximum absolute atomic E-state index is 12.7. The highest BCUT2D eigenvalue weighted by molar-refractivity contribution is 7.08. The molecule has 0 bridgehead atoms. The summed E-state index contributed by atoms with van der Waals surface area (Å²) in [6.45, 7) is 2.90. The zero-order chi connectivity index (χ0) is 18.3. The first-order chi connectivity index (χ1) is 12.5. The summed E-state index contributed by atoms with van der Waals surface area (Å²) in [4.78, 5) is 46.7. The fraction of sp³-hybridized carbons (Fsp3) is 0.412. The van der Waals surface area contributed by atoms with Crippen molar-refractivity contribution in [1.82, 2.24) is 14.8 Å². The van der Waals surface area contributed by atoms with Gasteiger partial charge in [0.15, 0.2) is 0 Å². The van der Waals surface area contributed by atoms with E-state index in [0.29, 0.717) is 31.7 Å². The van der Waals surface area contributed by atoms with Gasteiger partial charge in [-0.3, -0.25) is 14.4 Å². The number of amides is 3. The highest BCUT2D eigenvalue weighted by Gasteiger charge is 2.51. The van der Waals surface area contributed by atoms with E-state index in [2.05, 4.69) is 4.98 Å².